The van der Waals surface area contributed by atoms with Crippen molar-refractivity contribution in [3.8, 4) is 5.75 Å². The van der Waals surface area contributed by atoms with Gasteiger partial charge in [-0.2, -0.15) is 0 Å². The van der Waals surface area contributed by atoms with Crippen LogP contribution in [0.25, 0.3) is 0 Å². The van der Waals surface area contributed by atoms with E-state index in [2.05, 4.69) is 0 Å². The summed E-state index contributed by atoms with van der Waals surface area (Å²) >= 11 is 0. The second-order valence-corrected chi connectivity index (χ2v) is 5.21. The van der Waals surface area contributed by atoms with Crippen molar-refractivity contribution in [3.05, 3.63) is 28.3 Å². The first-order valence-corrected chi connectivity index (χ1v) is 6.31. The summed E-state index contributed by atoms with van der Waals surface area (Å²) in [4.78, 5) is 13.4. The van der Waals surface area contributed by atoms with Crippen LogP contribution < -0.4 is 4.74 Å². The van der Waals surface area contributed by atoms with E-state index < -0.39 is 11.9 Å². The molecule has 1 rings (SSSR count). The van der Waals surface area contributed by atoms with Gasteiger partial charge in [-0.05, 0) is 63.2 Å². The summed E-state index contributed by atoms with van der Waals surface area (Å²) in [6.45, 7) is 6.36. The van der Waals surface area contributed by atoms with Crippen LogP contribution >= 0.6 is 0 Å². The molecule has 0 saturated carbocycles. The number of nitrogens with zero attached hydrogens (tertiary/aromatic N) is 1. The van der Waals surface area contributed by atoms with Crippen molar-refractivity contribution < 1.29 is 14.6 Å². The number of carboxylic acids is 1. The molecule has 1 aromatic rings. The van der Waals surface area contributed by atoms with E-state index in [4.69, 9.17) is 4.74 Å². The Morgan fingerprint density at radius 3 is 2.32 bits per heavy atom. The molecule has 0 radical (unpaired) electrons. The molecular weight excluding hydrogens is 242 g/mol. The molecule has 0 saturated heterocycles. The minimum Gasteiger partial charge on any atom is -0.496 e. The molecule has 0 heterocycles. The molecule has 1 aromatic carbocycles. The van der Waals surface area contributed by atoms with Gasteiger partial charge in [0.05, 0.1) is 13.0 Å². The number of aryl methyl sites for hydroxylation is 1. The summed E-state index contributed by atoms with van der Waals surface area (Å²) in [5.41, 5.74) is 3.88. The first kappa shape index (κ1) is 15.5. The van der Waals surface area contributed by atoms with E-state index in [1.165, 1.54) is 0 Å². The predicted molar refractivity (Wildman–Crippen MR) is 76.1 cm³/mol. The van der Waals surface area contributed by atoms with Crippen LogP contribution in [-0.4, -0.2) is 43.7 Å². The zero-order chi connectivity index (χ0) is 14.7. The number of ether oxygens (including phenoxy) is 1. The maximum atomic E-state index is 11.5. The molecule has 4 nitrogen and oxygen atoms in total. The lowest BCUT2D eigenvalue weighted by Crippen LogP contribution is -2.27. The molecule has 1 N–H and O–H groups in total. The molecule has 0 aliphatic carbocycles. The van der Waals surface area contributed by atoms with Gasteiger partial charge in [-0.1, -0.05) is 0 Å². The van der Waals surface area contributed by atoms with Gasteiger partial charge in [-0.3, -0.25) is 4.79 Å². The number of methoxy groups -OCH3 is 1. The number of aliphatic carboxylic acids is 1. The van der Waals surface area contributed by atoms with Gasteiger partial charge in [0, 0.05) is 6.54 Å². The molecule has 0 amide bonds. The summed E-state index contributed by atoms with van der Waals surface area (Å²) in [6, 6.07) is 1.92. The SMILES string of the molecule is COc1cc(C)c(C(CN(C)C)C(=O)O)c(C)c1C. The number of carbonyl (C=O) groups is 1. The second kappa shape index (κ2) is 6.06. The Kier molecular flexibility index (Phi) is 4.95. The molecule has 0 aromatic heterocycles. The molecule has 0 fully saturated rings. The number of carboxylic acid groups (broad SMARTS) is 1. The lowest BCUT2D eigenvalue weighted by atomic mass is 9.87. The van der Waals surface area contributed by atoms with Crippen molar-refractivity contribution in [1.29, 1.82) is 0 Å². The van der Waals surface area contributed by atoms with Crippen molar-refractivity contribution in [3.63, 3.8) is 0 Å². The maximum absolute atomic E-state index is 11.5. The first-order valence-electron chi connectivity index (χ1n) is 6.31. The summed E-state index contributed by atoms with van der Waals surface area (Å²) in [5, 5.41) is 9.48. The number of benzene rings is 1. The predicted octanol–water partition coefficient (Wildman–Crippen LogP) is 2.35. The fourth-order valence-corrected chi connectivity index (χ4v) is 2.47. The van der Waals surface area contributed by atoms with Crippen LogP contribution in [0.1, 0.15) is 28.2 Å². The Balaban J connectivity index is 3.39. The topological polar surface area (TPSA) is 49.8 Å². The van der Waals surface area contributed by atoms with Gasteiger partial charge in [0.2, 0.25) is 0 Å². The molecule has 1 atom stereocenters. The van der Waals surface area contributed by atoms with Crippen LogP contribution in [0.3, 0.4) is 0 Å². The molecule has 4 heteroatoms. The van der Waals surface area contributed by atoms with Crippen molar-refractivity contribution in [1.82, 2.24) is 4.90 Å². The lowest BCUT2D eigenvalue weighted by molar-refractivity contribution is -0.139. The van der Waals surface area contributed by atoms with Gasteiger partial charge in [0.15, 0.2) is 0 Å². The standard InChI is InChI=1S/C15H23NO3/c1-9-7-13(19-6)10(2)11(3)14(9)12(15(17)18)8-16(4)5/h7,12H,8H2,1-6H3,(H,17,18). The largest absolute Gasteiger partial charge is 0.496 e. The quantitative estimate of drug-likeness (QED) is 0.888. The minimum atomic E-state index is -0.788. The Bertz CT molecular complexity index is 481. The molecule has 19 heavy (non-hydrogen) atoms. The smallest absolute Gasteiger partial charge is 0.312 e. The van der Waals surface area contributed by atoms with Gasteiger partial charge < -0.3 is 14.7 Å². The molecular formula is C15H23NO3. The van der Waals surface area contributed by atoms with Gasteiger partial charge >= 0.3 is 5.97 Å². The number of rotatable bonds is 5. The summed E-state index contributed by atoms with van der Waals surface area (Å²) in [6.07, 6.45) is 0. The first-order chi connectivity index (χ1) is 8.79. The highest BCUT2D eigenvalue weighted by molar-refractivity contribution is 5.78. The summed E-state index contributed by atoms with van der Waals surface area (Å²) in [7, 11) is 5.41. The average molecular weight is 265 g/mol. The van der Waals surface area contributed by atoms with Crippen molar-refractivity contribution in [2.45, 2.75) is 26.7 Å². The van der Waals surface area contributed by atoms with Crippen LogP contribution in [0.5, 0.6) is 5.75 Å². The van der Waals surface area contributed by atoms with Crippen LogP contribution in [0.4, 0.5) is 0 Å². The third kappa shape index (κ3) is 3.26. The highest BCUT2D eigenvalue weighted by atomic mass is 16.5. The van der Waals surface area contributed by atoms with E-state index in [0.29, 0.717) is 6.54 Å². The average Bonchev–Trinajstić information content (AvgIpc) is 2.32. The Morgan fingerprint density at radius 1 is 1.32 bits per heavy atom. The van der Waals surface area contributed by atoms with E-state index in [0.717, 1.165) is 28.0 Å². The van der Waals surface area contributed by atoms with Crippen molar-refractivity contribution in [2.24, 2.45) is 0 Å². The zero-order valence-electron chi connectivity index (χ0n) is 12.6. The van der Waals surface area contributed by atoms with Crippen molar-refractivity contribution >= 4 is 5.97 Å². The molecule has 106 valence electrons. The van der Waals surface area contributed by atoms with Gasteiger partial charge in [-0.15, -0.1) is 0 Å². The molecule has 1 unspecified atom stereocenters. The normalized spacial score (nSPS) is 12.6. The van der Waals surface area contributed by atoms with Gasteiger partial charge in [-0.25, -0.2) is 0 Å². The number of likely N-dealkylation sites (N-methyl/N-ethyl adjacent to an activating group) is 1. The molecule has 0 aliphatic rings. The van der Waals surface area contributed by atoms with Crippen LogP contribution in [-0.2, 0) is 4.79 Å². The van der Waals surface area contributed by atoms with E-state index in [9.17, 15) is 9.90 Å². The number of hydrogen-bond donors (Lipinski definition) is 1. The third-order valence-electron chi connectivity index (χ3n) is 3.52. The van der Waals surface area contributed by atoms with E-state index in [-0.39, 0.29) is 0 Å². The lowest BCUT2D eigenvalue weighted by Gasteiger charge is -2.23. The zero-order valence-corrected chi connectivity index (χ0v) is 12.6. The Hall–Kier alpha value is -1.55. The van der Waals surface area contributed by atoms with Gasteiger partial charge in [0.25, 0.3) is 0 Å². The number of hydrogen-bond acceptors (Lipinski definition) is 3. The summed E-state index contributed by atoms with van der Waals surface area (Å²) < 4.78 is 5.33. The highest BCUT2D eigenvalue weighted by Crippen LogP contribution is 2.32. The fraction of sp³-hybridized carbons (Fsp3) is 0.533. The third-order valence-corrected chi connectivity index (χ3v) is 3.52. The summed E-state index contributed by atoms with van der Waals surface area (Å²) in [5.74, 6) is -0.489. The molecule has 0 bridgehead atoms. The molecule has 0 spiro atoms. The monoisotopic (exact) mass is 265 g/mol. The van der Waals surface area contributed by atoms with Crippen molar-refractivity contribution in [2.75, 3.05) is 27.7 Å². The maximum Gasteiger partial charge on any atom is 0.312 e. The Labute approximate surface area is 115 Å². The van der Waals surface area contributed by atoms with Gasteiger partial charge in [0.1, 0.15) is 5.75 Å². The van der Waals surface area contributed by atoms with E-state index in [1.807, 2.05) is 45.8 Å². The Morgan fingerprint density at radius 2 is 1.89 bits per heavy atom. The van der Waals surface area contributed by atoms with E-state index in [1.54, 1.807) is 7.11 Å². The molecule has 0 aliphatic heterocycles. The minimum absolute atomic E-state index is 0.489. The highest BCUT2D eigenvalue weighted by Gasteiger charge is 2.25. The van der Waals surface area contributed by atoms with Crippen LogP contribution in [0, 0.1) is 20.8 Å². The fourth-order valence-electron chi connectivity index (χ4n) is 2.47. The van der Waals surface area contributed by atoms with E-state index >= 15 is 0 Å². The van der Waals surface area contributed by atoms with Crippen LogP contribution in [0.2, 0.25) is 0 Å². The van der Waals surface area contributed by atoms with Crippen LogP contribution in [0.15, 0.2) is 6.07 Å². The second-order valence-electron chi connectivity index (χ2n) is 5.21.